The van der Waals surface area contributed by atoms with Crippen molar-refractivity contribution in [3.8, 4) is 5.75 Å². The Morgan fingerprint density at radius 1 is 0.944 bits per heavy atom. The van der Waals surface area contributed by atoms with E-state index in [0.717, 1.165) is 75.0 Å². The molecular formula is C31H43N3O2. The van der Waals surface area contributed by atoms with E-state index in [9.17, 15) is 4.79 Å². The van der Waals surface area contributed by atoms with Gasteiger partial charge in [-0.05, 0) is 93.3 Å². The van der Waals surface area contributed by atoms with E-state index in [1.54, 1.807) is 0 Å². The number of hydrogen-bond acceptors (Lipinski definition) is 4. The van der Waals surface area contributed by atoms with Gasteiger partial charge in [0.2, 0.25) is 0 Å². The fraction of sp³-hybridized carbons (Fsp3) is 0.581. The molecule has 0 unspecified atom stereocenters. The Balaban J connectivity index is 1.34. The molecule has 1 aliphatic carbocycles. The van der Waals surface area contributed by atoms with Crippen LogP contribution < -0.4 is 4.74 Å². The first kappa shape index (κ1) is 25.3. The summed E-state index contributed by atoms with van der Waals surface area (Å²) in [6.07, 6.45) is 7.07. The predicted molar refractivity (Wildman–Crippen MR) is 146 cm³/mol. The first-order valence-corrected chi connectivity index (χ1v) is 14.1. The molecule has 2 bridgehead atoms. The largest absolute Gasteiger partial charge is 0.493 e. The average molecular weight is 490 g/mol. The van der Waals surface area contributed by atoms with Crippen LogP contribution >= 0.6 is 0 Å². The molecular weight excluding hydrogens is 446 g/mol. The Labute approximate surface area is 217 Å². The molecule has 0 spiro atoms. The fourth-order valence-corrected chi connectivity index (χ4v) is 5.63. The molecule has 3 aliphatic rings. The van der Waals surface area contributed by atoms with E-state index in [-0.39, 0.29) is 5.91 Å². The molecule has 2 aromatic carbocycles. The predicted octanol–water partition coefficient (Wildman–Crippen LogP) is 5.22. The van der Waals surface area contributed by atoms with Crippen molar-refractivity contribution in [2.75, 3.05) is 45.9 Å². The number of carbonyl (C=O) groups excluding carboxylic acids is 1. The number of hydrogen-bond donors (Lipinski definition) is 0. The Morgan fingerprint density at radius 2 is 1.75 bits per heavy atom. The van der Waals surface area contributed by atoms with Crippen molar-refractivity contribution in [1.82, 2.24) is 14.7 Å². The molecule has 2 heterocycles. The zero-order valence-electron chi connectivity index (χ0n) is 22.3. The lowest BCUT2D eigenvalue weighted by atomic mass is 9.99. The maximum Gasteiger partial charge on any atom is 0.253 e. The molecule has 5 nitrogen and oxygen atoms in total. The van der Waals surface area contributed by atoms with Gasteiger partial charge in [-0.2, -0.15) is 0 Å². The molecule has 5 rings (SSSR count). The number of piperazine rings is 1. The lowest BCUT2D eigenvalue weighted by molar-refractivity contribution is 0.0595. The third kappa shape index (κ3) is 6.68. The quantitative estimate of drug-likeness (QED) is 0.590. The van der Waals surface area contributed by atoms with Crippen LogP contribution in [0.2, 0.25) is 0 Å². The molecule has 1 amide bonds. The highest BCUT2D eigenvalue weighted by Crippen LogP contribution is 2.31. The van der Waals surface area contributed by atoms with Gasteiger partial charge in [-0.15, -0.1) is 0 Å². The standard InChI is InChI=1S/C31H43N3O2/c1-24(2)33-14-16-34(17-15-33)31(35)28-11-12-30-29(21-28)20-26-7-6-8-27(19-26)23-32(22-25-9-10-25)13-4-3-5-18-36-30/h6-8,11-12,19,21,24-25H,3-5,9-10,13-18,20,22-23H2,1-2H3. The van der Waals surface area contributed by atoms with E-state index >= 15 is 0 Å². The van der Waals surface area contributed by atoms with Gasteiger partial charge in [0, 0.05) is 57.3 Å². The number of ether oxygens (including phenoxy) is 1. The van der Waals surface area contributed by atoms with Gasteiger partial charge in [0.25, 0.3) is 5.91 Å². The summed E-state index contributed by atoms with van der Waals surface area (Å²) in [4.78, 5) is 20.5. The van der Waals surface area contributed by atoms with Crippen LogP contribution in [-0.2, 0) is 13.0 Å². The molecule has 0 radical (unpaired) electrons. The van der Waals surface area contributed by atoms with Crippen molar-refractivity contribution in [1.29, 1.82) is 0 Å². The summed E-state index contributed by atoms with van der Waals surface area (Å²) in [5.41, 5.74) is 4.58. The summed E-state index contributed by atoms with van der Waals surface area (Å²) in [6.45, 7) is 12.1. The van der Waals surface area contributed by atoms with Crippen LogP contribution in [0.15, 0.2) is 42.5 Å². The molecule has 0 aromatic heterocycles. The summed E-state index contributed by atoms with van der Waals surface area (Å²) in [6, 6.07) is 15.6. The highest BCUT2D eigenvalue weighted by molar-refractivity contribution is 5.94. The van der Waals surface area contributed by atoms with Crippen LogP contribution in [0.25, 0.3) is 0 Å². The van der Waals surface area contributed by atoms with Gasteiger partial charge in [0.15, 0.2) is 0 Å². The van der Waals surface area contributed by atoms with E-state index in [4.69, 9.17) is 4.74 Å². The number of carbonyl (C=O) groups is 1. The smallest absolute Gasteiger partial charge is 0.253 e. The van der Waals surface area contributed by atoms with E-state index in [1.165, 1.54) is 49.9 Å². The second kappa shape index (κ2) is 11.8. The minimum absolute atomic E-state index is 0.144. The van der Waals surface area contributed by atoms with Crippen LogP contribution in [0.1, 0.15) is 73.0 Å². The van der Waals surface area contributed by atoms with Crippen LogP contribution in [0.5, 0.6) is 5.75 Å². The van der Waals surface area contributed by atoms with E-state index in [2.05, 4.69) is 54.0 Å². The van der Waals surface area contributed by atoms with E-state index in [0.29, 0.717) is 6.04 Å². The third-order valence-electron chi connectivity index (χ3n) is 8.02. The molecule has 0 N–H and O–H groups in total. The minimum atomic E-state index is 0.144. The van der Waals surface area contributed by atoms with Crippen LogP contribution in [0, 0.1) is 5.92 Å². The molecule has 36 heavy (non-hydrogen) atoms. The molecule has 194 valence electrons. The number of nitrogens with zero attached hydrogens (tertiary/aromatic N) is 3. The topological polar surface area (TPSA) is 36.0 Å². The third-order valence-corrected chi connectivity index (χ3v) is 8.02. The minimum Gasteiger partial charge on any atom is -0.493 e. The van der Waals surface area contributed by atoms with Gasteiger partial charge < -0.3 is 9.64 Å². The molecule has 5 heteroatoms. The van der Waals surface area contributed by atoms with E-state index in [1.807, 2.05) is 17.0 Å². The Hall–Kier alpha value is -2.37. The van der Waals surface area contributed by atoms with Crippen molar-refractivity contribution in [2.24, 2.45) is 5.92 Å². The molecule has 2 aromatic rings. The Morgan fingerprint density at radius 3 is 2.53 bits per heavy atom. The number of fused-ring (bicyclic) bond motifs is 3. The van der Waals surface area contributed by atoms with Gasteiger partial charge in [-0.1, -0.05) is 24.3 Å². The summed E-state index contributed by atoms with van der Waals surface area (Å²) in [5.74, 6) is 1.98. The lowest BCUT2D eigenvalue weighted by Crippen LogP contribution is -2.50. The zero-order chi connectivity index (χ0) is 24.9. The molecule has 2 aliphatic heterocycles. The normalized spacial score (nSPS) is 20.5. The van der Waals surface area contributed by atoms with Gasteiger partial charge in [0.05, 0.1) is 6.61 Å². The summed E-state index contributed by atoms with van der Waals surface area (Å²) in [7, 11) is 0. The Kier molecular flexibility index (Phi) is 8.28. The fourth-order valence-electron chi connectivity index (χ4n) is 5.63. The Bertz CT molecular complexity index is 1020. The zero-order valence-corrected chi connectivity index (χ0v) is 22.3. The number of amides is 1. The molecule has 1 saturated carbocycles. The molecule has 0 atom stereocenters. The molecule has 2 fully saturated rings. The second-order valence-corrected chi connectivity index (χ2v) is 11.3. The van der Waals surface area contributed by atoms with E-state index < -0.39 is 0 Å². The highest BCUT2D eigenvalue weighted by atomic mass is 16.5. The summed E-state index contributed by atoms with van der Waals surface area (Å²) >= 11 is 0. The number of rotatable bonds is 4. The molecule has 1 saturated heterocycles. The van der Waals surface area contributed by atoms with Crippen molar-refractivity contribution < 1.29 is 9.53 Å². The average Bonchev–Trinajstić information content (AvgIpc) is 3.70. The van der Waals surface area contributed by atoms with Crippen LogP contribution in [-0.4, -0.2) is 72.5 Å². The van der Waals surface area contributed by atoms with Gasteiger partial charge in [0.1, 0.15) is 5.75 Å². The SMILES string of the molecule is CC(C)N1CCN(C(=O)c2ccc3c(c2)Cc2cccc(c2)CN(CC2CC2)CCCCCO3)CC1. The van der Waals surface area contributed by atoms with Gasteiger partial charge >= 0.3 is 0 Å². The maximum atomic E-state index is 13.4. The first-order valence-electron chi connectivity index (χ1n) is 14.1. The van der Waals surface area contributed by atoms with Crippen molar-refractivity contribution >= 4 is 5.91 Å². The van der Waals surface area contributed by atoms with Gasteiger partial charge in [-0.3, -0.25) is 14.6 Å². The van der Waals surface area contributed by atoms with Crippen molar-refractivity contribution in [3.63, 3.8) is 0 Å². The summed E-state index contributed by atoms with van der Waals surface area (Å²) in [5, 5.41) is 0. The van der Waals surface area contributed by atoms with Crippen molar-refractivity contribution in [3.05, 3.63) is 64.7 Å². The number of benzene rings is 2. The monoisotopic (exact) mass is 489 g/mol. The maximum absolute atomic E-state index is 13.4. The lowest BCUT2D eigenvalue weighted by Gasteiger charge is -2.37. The van der Waals surface area contributed by atoms with Crippen LogP contribution in [0.3, 0.4) is 0 Å². The van der Waals surface area contributed by atoms with Crippen molar-refractivity contribution in [2.45, 2.75) is 65.0 Å². The first-order chi connectivity index (χ1) is 17.5. The van der Waals surface area contributed by atoms with Gasteiger partial charge in [-0.25, -0.2) is 0 Å². The highest BCUT2D eigenvalue weighted by Gasteiger charge is 2.25. The second-order valence-electron chi connectivity index (χ2n) is 11.3. The van der Waals surface area contributed by atoms with Crippen LogP contribution in [0.4, 0.5) is 0 Å². The summed E-state index contributed by atoms with van der Waals surface area (Å²) < 4.78 is 6.28.